The number of hydrogen-bond donors (Lipinski definition) is 1. The van der Waals surface area contributed by atoms with Crippen LogP contribution in [0.15, 0.2) is 64.3 Å². The van der Waals surface area contributed by atoms with Gasteiger partial charge in [-0.15, -0.1) is 5.10 Å². The molecule has 20 heavy (non-hydrogen) atoms. The molecule has 4 nitrogen and oxygen atoms in total. The molecule has 0 saturated heterocycles. The molecule has 1 N–H and O–H groups in total. The van der Waals surface area contributed by atoms with Crippen molar-refractivity contribution >= 4 is 17.3 Å². The van der Waals surface area contributed by atoms with Crippen LogP contribution in [0, 0.1) is 0 Å². The van der Waals surface area contributed by atoms with Gasteiger partial charge in [0.2, 0.25) is 0 Å². The van der Waals surface area contributed by atoms with Gasteiger partial charge in [-0.3, -0.25) is 4.79 Å². The number of carbonyl (C=O) groups is 1. The maximum atomic E-state index is 12.1. The standard InChI is InChI=1S/C16H15N3O/c20-16(17-11-10-12-6-2-1-3-7-12)15-13-8-4-5-9-14(13)18-19-15/h1-8H,9-11H2,(H,17,20). The molecule has 1 heterocycles. The quantitative estimate of drug-likeness (QED) is 0.890. The van der Waals surface area contributed by atoms with E-state index in [9.17, 15) is 4.79 Å². The molecule has 0 fully saturated rings. The summed E-state index contributed by atoms with van der Waals surface area (Å²) >= 11 is 0. The first-order chi connectivity index (χ1) is 9.84. The molecule has 1 amide bonds. The smallest absolute Gasteiger partial charge is 0.272 e. The van der Waals surface area contributed by atoms with Crippen molar-refractivity contribution < 1.29 is 4.79 Å². The fourth-order valence-electron chi connectivity index (χ4n) is 2.24. The maximum Gasteiger partial charge on any atom is 0.272 e. The fraction of sp³-hybridized carbons (Fsp3) is 0.188. The van der Waals surface area contributed by atoms with Crippen LogP contribution in [0.25, 0.3) is 0 Å². The molecule has 0 bridgehead atoms. The maximum absolute atomic E-state index is 12.1. The van der Waals surface area contributed by atoms with E-state index in [0.717, 1.165) is 24.1 Å². The summed E-state index contributed by atoms with van der Waals surface area (Å²) in [7, 11) is 0. The van der Waals surface area contributed by atoms with Gasteiger partial charge in [0.05, 0.1) is 5.71 Å². The summed E-state index contributed by atoms with van der Waals surface area (Å²) in [6.45, 7) is 0.598. The molecule has 0 aromatic heterocycles. The van der Waals surface area contributed by atoms with Gasteiger partial charge >= 0.3 is 0 Å². The van der Waals surface area contributed by atoms with Gasteiger partial charge < -0.3 is 5.32 Å². The van der Waals surface area contributed by atoms with Gasteiger partial charge in [-0.2, -0.15) is 5.10 Å². The highest BCUT2D eigenvalue weighted by molar-refractivity contribution is 6.53. The number of rotatable bonds is 4. The first kappa shape index (κ1) is 12.5. The molecule has 0 radical (unpaired) electrons. The molecule has 1 aliphatic heterocycles. The van der Waals surface area contributed by atoms with Crippen molar-refractivity contribution in [1.29, 1.82) is 0 Å². The Morgan fingerprint density at radius 3 is 2.90 bits per heavy atom. The zero-order chi connectivity index (χ0) is 13.8. The lowest BCUT2D eigenvalue weighted by Crippen LogP contribution is -2.34. The summed E-state index contributed by atoms with van der Waals surface area (Å²) in [6.07, 6.45) is 7.40. The van der Waals surface area contributed by atoms with Gasteiger partial charge in [-0.1, -0.05) is 48.6 Å². The van der Waals surface area contributed by atoms with Gasteiger partial charge in [0.1, 0.15) is 0 Å². The number of nitrogens with one attached hydrogen (secondary N) is 1. The number of carbonyl (C=O) groups excluding carboxylic acids is 1. The van der Waals surface area contributed by atoms with Crippen LogP contribution in [-0.4, -0.2) is 23.9 Å². The van der Waals surface area contributed by atoms with E-state index in [1.165, 1.54) is 5.56 Å². The van der Waals surface area contributed by atoms with Crippen LogP contribution in [0.2, 0.25) is 0 Å². The van der Waals surface area contributed by atoms with Crippen molar-refractivity contribution in [1.82, 2.24) is 5.32 Å². The zero-order valence-electron chi connectivity index (χ0n) is 11.0. The van der Waals surface area contributed by atoms with Gasteiger partial charge in [0.15, 0.2) is 5.71 Å². The Morgan fingerprint density at radius 1 is 1.20 bits per heavy atom. The number of fused-ring (bicyclic) bond motifs is 1. The lowest BCUT2D eigenvalue weighted by molar-refractivity contribution is -0.114. The Morgan fingerprint density at radius 2 is 2.05 bits per heavy atom. The van der Waals surface area contributed by atoms with Gasteiger partial charge in [-0.05, 0) is 12.0 Å². The van der Waals surface area contributed by atoms with Crippen LogP contribution in [0.4, 0.5) is 0 Å². The minimum Gasteiger partial charge on any atom is -0.350 e. The largest absolute Gasteiger partial charge is 0.350 e. The van der Waals surface area contributed by atoms with Crippen LogP contribution in [0.1, 0.15) is 12.0 Å². The molecule has 0 spiro atoms. The summed E-state index contributed by atoms with van der Waals surface area (Å²) in [5, 5.41) is 10.9. The molecule has 0 saturated carbocycles. The van der Waals surface area contributed by atoms with E-state index < -0.39 is 0 Å². The first-order valence-electron chi connectivity index (χ1n) is 6.69. The summed E-state index contributed by atoms with van der Waals surface area (Å²) in [6, 6.07) is 10.1. The molecular weight excluding hydrogens is 250 g/mol. The van der Waals surface area contributed by atoms with E-state index in [1.54, 1.807) is 0 Å². The van der Waals surface area contributed by atoms with Crippen molar-refractivity contribution in [3.05, 3.63) is 59.7 Å². The van der Waals surface area contributed by atoms with E-state index in [-0.39, 0.29) is 5.91 Å². The molecule has 1 aliphatic carbocycles. The number of nitrogens with zero attached hydrogens (tertiary/aromatic N) is 2. The third-order valence-electron chi connectivity index (χ3n) is 3.30. The van der Waals surface area contributed by atoms with E-state index in [2.05, 4.69) is 27.7 Å². The Bertz CT molecular complexity index is 639. The Kier molecular flexibility index (Phi) is 3.54. The summed E-state index contributed by atoms with van der Waals surface area (Å²) in [5.41, 5.74) is 3.36. The summed E-state index contributed by atoms with van der Waals surface area (Å²) < 4.78 is 0. The fourth-order valence-corrected chi connectivity index (χ4v) is 2.24. The van der Waals surface area contributed by atoms with Crippen molar-refractivity contribution in [3.8, 4) is 0 Å². The predicted octanol–water partition coefficient (Wildman–Crippen LogP) is 2.04. The molecule has 0 unspecified atom stereocenters. The SMILES string of the molecule is O=C(NCCc1ccccc1)C1=NN=C2CC=CC=C21. The highest BCUT2D eigenvalue weighted by Gasteiger charge is 2.25. The third kappa shape index (κ3) is 2.59. The van der Waals surface area contributed by atoms with Crippen LogP contribution in [0.3, 0.4) is 0 Å². The second-order valence-electron chi connectivity index (χ2n) is 4.70. The number of benzene rings is 1. The Balaban J connectivity index is 1.56. The van der Waals surface area contributed by atoms with Crippen LogP contribution >= 0.6 is 0 Å². The molecular formula is C16H15N3O. The van der Waals surface area contributed by atoms with Crippen LogP contribution in [0.5, 0.6) is 0 Å². The van der Waals surface area contributed by atoms with Crippen LogP contribution in [-0.2, 0) is 11.2 Å². The highest BCUT2D eigenvalue weighted by atomic mass is 16.1. The Labute approximate surface area is 117 Å². The second-order valence-corrected chi connectivity index (χ2v) is 4.70. The average Bonchev–Trinajstić information content (AvgIpc) is 2.92. The second kappa shape index (κ2) is 5.65. The Hall–Kier alpha value is -2.49. The number of hydrogen-bond acceptors (Lipinski definition) is 3. The molecule has 4 heteroatoms. The van der Waals surface area contributed by atoms with Gasteiger partial charge in [0.25, 0.3) is 5.91 Å². The van der Waals surface area contributed by atoms with E-state index in [1.807, 2.05) is 36.4 Å². The molecule has 3 rings (SSSR count). The van der Waals surface area contributed by atoms with E-state index >= 15 is 0 Å². The van der Waals surface area contributed by atoms with Gasteiger partial charge in [0, 0.05) is 18.5 Å². The van der Waals surface area contributed by atoms with E-state index in [0.29, 0.717) is 12.3 Å². The van der Waals surface area contributed by atoms with Crippen molar-refractivity contribution in [2.45, 2.75) is 12.8 Å². The van der Waals surface area contributed by atoms with E-state index in [4.69, 9.17) is 0 Å². The molecule has 0 atom stereocenters. The molecule has 1 aromatic rings. The van der Waals surface area contributed by atoms with Crippen molar-refractivity contribution in [2.75, 3.05) is 6.54 Å². The molecule has 100 valence electrons. The molecule has 2 aliphatic rings. The normalized spacial score (nSPS) is 16.1. The lowest BCUT2D eigenvalue weighted by Gasteiger charge is -2.08. The minimum atomic E-state index is -0.152. The lowest BCUT2D eigenvalue weighted by atomic mass is 9.98. The van der Waals surface area contributed by atoms with Crippen molar-refractivity contribution in [2.24, 2.45) is 10.2 Å². The predicted molar refractivity (Wildman–Crippen MR) is 79.9 cm³/mol. The summed E-state index contributed by atoms with van der Waals surface area (Å²) in [4.78, 5) is 12.1. The van der Waals surface area contributed by atoms with Gasteiger partial charge in [-0.25, -0.2) is 0 Å². The number of amides is 1. The number of allylic oxidation sites excluding steroid dienone is 3. The molecule has 1 aromatic carbocycles. The van der Waals surface area contributed by atoms with Crippen molar-refractivity contribution in [3.63, 3.8) is 0 Å². The first-order valence-corrected chi connectivity index (χ1v) is 6.69. The average molecular weight is 265 g/mol. The zero-order valence-corrected chi connectivity index (χ0v) is 11.0. The summed E-state index contributed by atoms with van der Waals surface area (Å²) in [5.74, 6) is -0.152. The highest BCUT2D eigenvalue weighted by Crippen LogP contribution is 2.17. The van der Waals surface area contributed by atoms with Crippen LogP contribution < -0.4 is 5.32 Å². The monoisotopic (exact) mass is 265 g/mol. The topological polar surface area (TPSA) is 53.8 Å². The third-order valence-corrected chi connectivity index (χ3v) is 3.30. The minimum absolute atomic E-state index is 0.152.